The minimum absolute atomic E-state index is 0.291. The first-order valence-electron chi connectivity index (χ1n) is 10.3. The maximum absolute atomic E-state index is 4.73. The summed E-state index contributed by atoms with van der Waals surface area (Å²) in [4.78, 5) is 4.98. The molecule has 1 aliphatic rings. The number of para-hydroxylation sites is 1. The number of thiophene rings is 1. The third-order valence-electron chi connectivity index (χ3n) is 5.46. The minimum Gasteiger partial charge on any atom is -0.369 e. The molecular weight excluding hydrogens is 394 g/mol. The van der Waals surface area contributed by atoms with Crippen LogP contribution in [0.4, 0.5) is 11.5 Å². The molecule has 0 aliphatic carbocycles. The highest BCUT2D eigenvalue weighted by atomic mass is 32.1. The van der Waals surface area contributed by atoms with E-state index in [0.717, 1.165) is 55.6 Å². The third-order valence-corrected chi connectivity index (χ3v) is 6.15. The number of nitrogens with one attached hydrogen (secondary N) is 1. The van der Waals surface area contributed by atoms with Crippen molar-refractivity contribution in [2.75, 3.05) is 42.9 Å². The summed E-state index contributed by atoms with van der Waals surface area (Å²) < 4.78 is 1.82. The molecule has 1 N–H and O–H groups in total. The first-order valence-corrected chi connectivity index (χ1v) is 11.2. The summed E-state index contributed by atoms with van der Waals surface area (Å²) in [5.41, 5.74) is 3.11. The van der Waals surface area contributed by atoms with Crippen LogP contribution in [0, 0.1) is 0 Å². The van der Waals surface area contributed by atoms with Gasteiger partial charge in [0.2, 0.25) is 0 Å². The minimum atomic E-state index is 0.291. The topological polar surface area (TPSA) is 61.6 Å². The molecule has 1 aliphatic heterocycles. The molecule has 5 rings (SSSR count). The monoisotopic (exact) mass is 419 g/mol. The van der Waals surface area contributed by atoms with Gasteiger partial charge in [-0.1, -0.05) is 18.2 Å². The quantitative estimate of drug-likeness (QED) is 0.516. The fourth-order valence-electron chi connectivity index (χ4n) is 3.95. The summed E-state index contributed by atoms with van der Waals surface area (Å²) in [6.45, 7) is 7.46. The van der Waals surface area contributed by atoms with Gasteiger partial charge in [-0.05, 0) is 42.6 Å². The molecule has 0 spiro atoms. The fourth-order valence-corrected chi connectivity index (χ4v) is 4.58. The van der Waals surface area contributed by atoms with Crippen LogP contribution in [0.15, 0.2) is 59.3 Å². The van der Waals surface area contributed by atoms with Crippen LogP contribution >= 0.6 is 11.3 Å². The Labute approximate surface area is 180 Å². The number of nitrogens with zero attached hydrogens (tertiary/aromatic N) is 6. The van der Waals surface area contributed by atoms with Crippen molar-refractivity contribution in [1.82, 2.24) is 24.7 Å². The predicted octanol–water partition coefficient (Wildman–Crippen LogP) is 3.48. The summed E-state index contributed by atoms with van der Waals surface area (Å²) >= 11 is 1.65. The molecule has 1 unspecified atom stereocenters. The average Bonchev–Trinajstić information content (AvgIpc) is 3.44. The maximum Gasteiger partial charge on any atom is 0.186 e. The van der Waals surface area contributed by atoms with Crippen LogP contribution in [0.2, 0.25) is 0 Å². The Bertz CT molecular complexity index is 1090. The lowest BCUT2D eigenvalue weighted by Gasteiger charge is -2.37. The van der Waals surface area contributed by atoms with Gasteiger partial charge < -0.3 is 10.2 Å². The van der Waals surface area contributed by atoms with E-state index in [2.05, 4.69) is 67.9 Å². The van der Waals surface area contributed by atoms with Gasteiger partial charge in [-0.25, -0.2) is 0 Å². The second-order valence-electron chi connectivity index (χ2n) is 7.69. The fraction of sp³-hybridized carbons (Fsp3) is 0.318. The van der Waals surface area contributed by atoms with E-state index in [9.17, 15) is 0 Å². The van der Waals surface area contributed by atoms with Crippen molar-refractivity contribution in [3.63, 3.8) is 0 Å². The van der Waals surface area contributed by atoms with Crippen LogP contribution in [-0.2, 0) is 0 Å². The molecule has 4 aromatic rings. The molecular formula is C22H25N7S. The number of fused-ring (bicyclic) bond motifs is 1. The molecule has 0 saturated carbocycles. The number of aromatic nitrogens is 4. The van der Waals surface area contributed by atoms with Gasteiger partial charge in [0.15, 0.2) is 11.5 Å². The number of piperazine rings is 1. The largest absolute Gasteiger partial charge is 0.369 e. The zero-order valence-electron chi connectivity index (χ0n) is 17.0. The van der Waals surface area contributed by atoms with E-state index < -0.39 is 0 Å². The van der Waals surface area contributed by atoms with Crippen molar-refractivity contribution >= 4 is 28.5 Å². The highest BCUT2D eigenvalue weighted by molar-refractivity contribution is 7.08. The van der Waals surface area contributed by atoms with E-state index in [0.29, 0.717) is 6.04 Å². The zero-order valence-corrected chi connectivity index (χ0v) is 17.8. The molecule has 8 heteroatoms. The van der Waals surface area contributed by atoms with Gasteiger partial charge in [0.25, 0.3) is 0 Å². The Morgan fingerprint density at radius 1 is 1.00 bits per heavy atom. The van der Waals surface area contributed by atoms with Gasteiger partial charge in [-0.3, -0.25) is 4.90 Å². The van der Waals surface area contributed by atoms with E-state index in [1.54, 1.807) is 11.3 Å². The van der Waals surface area contributed by atoms with Crippen molar-refractivity contribution in [2.45, 2.75) is 13.0 Å². The van der Waals surface area contributed by atoms with E-state index in [4.69, 9.17) is 5.10 Å². The highest BCUT2D eigenvalue weighted by Crippen LogP contribution is 2.21. The van der Waals surface area contributed by atoms with Crippen molar-refractivity contribution in [3.8, 4) is 11.4 Å². The molecule has 154 valence electrons. The molecule has 30 heavy (non-hydrogen) atoms. The average molecular weight is 420 g/mol. The van der Waals surface area contributed by atoms with Crippen LogP contribution in [0.1, 0.15) is 6.92 Å². The van der Waals surface area contributed by atoms with Gasteiger partial charge in [-0.2, -0.15) is 15.9 Å². The summed E-state index contributed by atoms with van der Waals surface area (Å²) in [5.74, 6) is 1.62. The molecule has 4 heterocycles. The predicted molar refractivity (Wildman–Crippen MR) is 122 cm³/mol. The van der Waals surface area contributed by atoms with E-state index in [1.165, 1.54) is 5.69 Å². The van der Waals surface area contributed by atoms with Gasteiger partial charge >= 0.3 is 0 Å². The van der Waals surface area contributed by atoms with Gasteiger partial charge in [0.1, 0.15) is 5.82 Å². The first-order chi connectivity index (χ1) is 14.8. The van der Waals surface area contributed by atoms with Crippen molar-refractivity contribution in [3.05, 3.63) is 59.3 Å². The third kappa shape index (κ3) is 4.01. The lowest BCUT2D eigenvalue weighted by molar-refractivity contribution is 0.251. The van der Waals surface area contributed by atoms with E-state index in [-0.39, 0.29) is 0 Å². The maximum atomic E-state index is 4.73. The van der Waals surface area contributed by atoms with Crippen LogP contribution < -0.4 is 10.2 Å². The Kier molecular flexibility index (Phi) is 5.33. The SMILES string of the molecule is CC(CN1CCN(c2ccccc2)CC1)Nc1ccc2nnc(-c3ccsc3)n2n1. The Morgan fingerprint density at radius 3 is 2.60 bits per heavy atom. The lowest BCUT2D eigenvalue weighted by atomic mass is 10.2. The Morgan fingerprint density at radius 2 is 1.83 bits per heavy atom. The van der Waals surface area contributed by atoms with Crippen LogP contribution in [-0.4, -0.2) is 63.5 Å². The number of benzene rings is 1. The lowest BCUT2D eigenvalue weighted by Crippen LogP contribution is -2.49. The molecule has 0 radical (unpaired) electrons. The van der Waals surface area contributed by atoms with Crippen LogP contribution in [0.5, 0.6) is 0 Å². The van der Waals surface area contributed by atoms with Crippen LogP contribution in [0.3, 0.4) is 0 Å². The van der Waals surface area contributed by atoms with E-state index >= 15 is 0 Å². The Hall–Kier alpha value is -2.97. The molecule has 7 nitrogen and oxygen atoms in total. The molecule has 1 atom stereocenters. The van der Waals surface area contributed by atoms with Gasteiger partial charge in [0, 0.05) is 55.4 Å². The summed E-state index contributed by atoms with van der Waals surface area (Å²) in [7, 11) is 0. The van der Waals surface area contributed by atoms with Gasteiger partial charge in [-0.15, -0.1) is 15.3 Å². The summed E-state index contributed by atoms with van der Waals surface area (Å²) in [6.07, 6.45) is 0. The second-order valence-corrected chi connectivity index (χ2v) is 8.47. The number of hydrogen-bond donors (Lipinski definition) is 1. The normalized spacial score (nSPS) is 16.1. The second kappa shape index (κ2) is 8.41. The Balaban J connectivity index is 1.20. The van der Waals surface area contributed by atoms with Crippen molar-refractivity contribution < 1.29 is 0 Å². The highest BCUT2D eigenvalue weighted by Gasteiger charge is 2.19. The zero-order chi connectivity index (χ0) is 20.3. The number of rotatable bonds is 6. The van der Waals surface area contributed by atoms with Crippen molar-refractivity contribution in [1.29, 1.82) is 0 Å². The van der Waals surface area contributed by atoms with Crippen molar-refractivity contribution in [2.24, 2.45) is 0 Å². The molecule has 0 amide bonds. The molecule has 0 bridgehead atoms. The van der Waals surface area contributed by atoms with Crippen LogP contribution in [0.25, 0.3) is 17.0 Å². The van der Waals surface area contributed by atoms with Gasteiger partial charge in [0.05, 0.1) is 0 Å². The standard InChI is InChI=1S/C22H25N7S/c1-17(15-27-10-12-28(13-11-27)19-5-3-2-4-6-19)23-20-7-8-21-24-25-22(29(21)26-20)18-9-14-30-16-18/h2-9,14,16-17H,10-13,15H2,1H3,(H,23,26). The molecule has 1 fully saturated rings. The summed E-state index contributed by atoms with van der Waals surface area (Å²) in [6, 6.07) is 16.9. The number of anilines is 2. The molecule has 1 aromatic carbocycles. The first kappa shape index (κ1) is 19.0. The summed E-state index contributed by atoms with van der Waals surface area (Å²) in [5, 5.41) is 20.9. The molecule has 3 aromatic heterocycles. The number of hydrogen-bond acceptors (Lipinski definition) is 7. The molecule has 1 saturated heterocycles. The van der Waals surface area contributed by atoms with E-state index in [1.807, 2.05) is 28.1 Å². The smallest absolute Gasteiger partial charge is 0.186 e.